The number of anilines is 2. The first-order valence-electron chi connectivity index (χ1n) is 6.93. The Hall–Kier alpha value is -1.71. The number of carbonyl (C=O) groups excluding carboxylic acids is 1. The van der Waals surface area contributed by atoms with Crippen LogP contribution < -0.4 is 10.6 Å². The Morgan fingerprint density at radius 3 is 2.68 bits per heavy atom. The summed E-state index contributed by atoms with van der Waals surface area (Å²) in [4.78, 5) is 14.3. The predicted octanol–water partition coefficient (Wildman–Crippen LogP) is 2.43. The molecule has 1 aromatic rings. The van der Waals surface area contributed by atoms with Crippen molar-refractivity contribution in [1.82, 2.24) is 0 Å². The summed E-state index contributed by atoms with van der Waals surface area (Å²) < 4.78 is 4.88. The van der Waals surface area contributed by atoms with Crippen molar-refractivity contribution < 1.29 is 9.53 Å². The van der Waals surface area contributed by atoms with Crippen molar-refractivity contribution >= 4 is 17.3 Å². The SMILES string of the molecule is COC(=O)c1cc(N)ccc1N(CC1CC1)C1CC1. The van der Waals surface area contributed by atoms with Gasteiger partial charge in [-0.15, -0.1) is 0 Å². The molecule has 0 radical (unpaired) electrons. The monoisotopic (exact) mass is 260 g/mol. The molecular weight excluding hydrogens is 240 g/mol. The van der Waals surface area contributed by atoms with Crippen LogP contribution in [0, 0.1) is 5.92 Å². The summed E-state index contributed by atoms with van der Waals surface area (Å²) in [6.45, 7) is 1.05. The average molecular weight is 260 g/mol. The van der Waals surface area contributed by atoms with Crippen molar-refractivity contribution in [2.75, 3.05) is 24.3 Å². The molecule has 2 aliphatic rings. The molecule has 0 spiro atoms. The molecule has 2 N–H and O–H groups in total. The van der Waals surface area contributed by atoms with E-state index >= 15 is 0 Å². The van der Waals surface area contributed by atoms with Gasteiger partial charge in [-0.1, -0.05) is 0 Å². The fraction of sp³-hybridized carbons (Fsp3) is 0.533. The van der Waals surface area contributed by atoms with Crippen LogP contribution in [0.3, 0.4) is 0 Å². The Morgan fingerprint density at radius 1 is 1.37 bits per heavy atom. The minimum absolute atomic E-state index is 0.302. The molecule has 1 aromatic carbocycles. The van der Waals surface area contributed by atoms with E-state index in [4.69, 9.17) is 10.5 Å². The van der Waals surface area contributed by atoms with E-state index in [1.807, 2.05) is 12.1 Å². The Kier molecular flexibility index (Phi) is 3.09. The molecule has 19 heavy (non-hydrogen) atoms. The van der Waals surface area contributed by atoms with Crippen LogP contribution in [0.1, 0.15) is 36.0 Å². The number of ether oxygens (including phenoxy) is 1. The van der Waals surface area contributed by atoms with Crippen molar-refractivity contribution in [2.24, 2.45) is 5.92 Å². The zero-order valence-corrected chi connectivity index (χ0v) is 11.3. The lowest BCUT2D eigenvalue weighted by Gasteiger charge is -2.26. The third-order valence-electron chi connectivity index (χ3n) is 3.87. The normalized spacial score (nSPS) is 18.2. The fourth-order valence-electron chi connectivity index (χ4n) is 2.49. The van der Waals surface area contributed by atoms with Gasteiger partial charge in [0.2, 0.25) is 0 Å². The second kappa shape index (κ2) is 4.76. The molecule has 102 valence electrons. The molecule has 2 saturated carbocycles. The van der Waals surface area contributed by atoms with Gasteiger partial charge in [-0.25, -0.2) is 4.79 Å². The van der Waals surface area contributed by atoms with E-state index < -0.39 is 0 Å². The second-order valence-electron chi connectivity index (χ2n) is 5.60. The Bertz CT molecular complexity index is 493. The van der Waals surface area contributed by atoms with E-state index in [-0.39, 0.29) is 5.97 Å². The van der Waals surface area contributed by atoms with E-state index in [0.717, 1.165) is 18.2 Å². The topological polar surface area (TPSA) is 55.6 Å². The van der Waals surface area contributed by atoms with Crippen molar-refractivity contribution in [3.05, 3.63) is 23.8 Å². The highest BCUT2D eigenvalue weighted by molar-refractivity contribution is 5.97. The predicted molar refractivity (Wildman–Crippen MR) is 75.3 cm³/mol. The van der Waals surface area contributed by atoms with Crippen LogP contribution in [-0.4, -0.2) is 25.7 Å². The molecule has 4 nitrogen and oxygen atoms in total. The highest BCUT2D eigenvalue weighted by atomic mass is 16.5. The Morgan fingerprint density at radius 2 is 2.11 bits per heavy atom. The number of rotatable bonds is 5. The van der Waals surface area contributed by atoms with Crippen molar-refractivity contribution in [3.63, 3.8) is 0 Å². The van der Waals surface area contributed by atoms with Gasteiger partial charge in [-0.3, -0.25) is 0 Å². The third kappa shape index (κ3) is 2.67. The first-order valence-corrected chi connectivity index (χ1v) is 6.93. The van der Waals surface area contributed by atoms with Crippen molar-refractivity contribution in [3.8, 4) is 0 Å². The van der Waals surface area contributed by atoms with Crippen LogP contribution in [0.4, 0.5) is 11.4 Å². The van der Waals surface area contributed by atoms with Crippen LogP contribution in [-0.2, 0) is 4.74 Å². The van der Waals surface area contributed by atoms with Gasteiger partial charge in [0.15, 0.2) is 0 Å². The summed E-state index contributed by atoms with van der Waals surface area (Å²) in [5, 5.41) is 0. The molecule has 0 saturated heterocycles. The lowest BCUT2D eigenvalue weighted by molar-refractivity contribution is 0.0601. The summed E-state index contributed by atoms with van der Waals surface area (Å²) in [6.07, 6.45) is 5.06. The van der Waals surface area contributed by atoms with E-state index in [0.29, 0.717) is 17.3 Å². The van der Waals surface area contributed by atoms with Crippen LogP contribution in [0.25, 0.3) is 0 Å². The summed E-state index contributed by atoms with van der Waals surface area (Å²) in [6, 6.07) is 6.14. The van der Waals surface area contributed by atoms with Gasteiger partial charge in [0.1, 0.15) is 0 Å². The standard InChI is InChI=1S/C15H20N2O2/c1-19-15(18)13-8-11(16)4-7-14(13)17(12-5-6-12)9-10-2-3-10/h4,7-8,10,12H,2-3,5-6,9,16H2,1H3. The third-order valence-corrected chi connectivity index (χ3v) is 3.87. The largest absolute Gasteiger partial charge is 0.465 e. The van der Waals surface area contributed by atoms with Gasteiger partial charge < -0.3 is 15.4 Å². The van der Waals surface area contributed by atoms with Gasteiger partial charge >= 0.3 is 5.97 Å². The van der Waals surface area contributed by atoms with Gasteiger partial charge in [0, 0.05) is 18.3 Å². The van der Waals surface area contributed by atoms with Crippen LogP contribution in [0.2, 0.25) is 0 Å². The van der Waals surface area contributed by atoms with E-state index in [1.165, 1.54) is 32.8 Å². The zero-order chi connectivity index (χ0) is 13.4. The molecule has 0 unspecified atom stereocenters. The van der Waals surface area contributed by atoms with Crippen molar-refractivity contribution in [1.29, 1.82) is 0 Å². The maximum atomic E-state index is 11.9. The first kappa shape index (κ1) is 12.3. The van der Waals surface area contributed by atoms with Crippen LogP contribution >= 0.6 is 0 Å². The van der Waals surface area contributed by atoms with Gasteiger partial charge in [0.05, 0.1) is 18.4 Å². The van der Waals surface area contributed by atoms with Crippen molar-refractivity contribution in [2.45, 2.75) is 31.7 Å². The molecule has 2 fully saturated rings. The summed E-state index contributed by atoms with van der Waals surface area (Å²) in [7, 11) is 1.41. The summed E-state index contributed by atoms with van der Waals surface area (Å²) in [5.74, 6) is 0.493. The van der Waals surface area contributed by atoms with E-state index in [2.05, 4.69) is 4.90 Å². The maximum absolute atomic E-state index is 11.9. The van der Waals surface area contributed by atoms with Gasteiger partial charge in [-0.2, -0.15) is 0 Å². The highest BCUT2D eigenvalue weighted by Gasteiger charge is 2.35. The second-order valence-corrected chi connectivity index (χ2v) is 5.60. The highest BCUT2D eigenvalue weighted by Crippen LogP contribution is 2.39. The maximum Gasteiger partial charge on any atom is 0.340 e. The molecule has 4 heteroatoms. The first-order chi connectivity index (χ1) is 9.19. The lowest BCUT2D eigenvalue weighted by atomic mass is 10.1. The fourth-order valence-corrected chi connectivity index (χ4v) is 2.49. The number of nitrogens with two attached hydrogens (primary N) is 1. The number of methoxy groups -OCH3 is 1. The molecule has 3 rings (SSSR count). The smallest absolute Gasteiger partial charge is 0.340 e. The molecule has 0 bridgehead atoms. The number of benzene rings is 1. The summed E-state index contributed by atoms with van der Waals surface area (Å²) >= 11 is 0. The number of carbonyl (C=O) groups is 1. The van der Waals surface area contributed by atoms with E-state index in [9.17, 15) is 4.79 Å². The van der Waals surface area contributed by atoms with Gasteiger partial charge in [-0.05, 0) is 49.8 Å². The van der Waals surface area contributed by atoms with E-state index in [1.54, 1.807) is 6.07 Å². The lowest BCUT2D eigenvalue weighted by Crippen LogP contribution is -2.29. The minimum atomic E-state index is -0.302. The average Bonchev–Trinajstić information content (AvgIpc) is 3.27. The molecule has 0 atom stereocenters. The number of hydrogen-bond donors (Lipinski definition) is 1. The molecule has 2 aliphatic carbocycles. The van der Waals surface area contributed by atoms with Crippen LogP contribution in [0.5, 0.6) is 0 Å². The number of nitrogens with zero attached hydrogens (tertiary/aromatic N) is 1. The number of esters is 1. The summed E-state index contributed by atoms with van der Waals surface area (Å²) in [5.41, 5.74) is 7.98. The quantitative estimate of drug-likeness (QED) is 0.652. The number of hydrogen-bond acceptors (Lipinski definition) is 4. The number of nitrogen functional groups attached to an aromatic ring is 1. The van der Waals surface area contributed by atoms with Crippen LogP contribution in [0.15, 0.2) is 18.2 Å². The zero-order valence-electron chi connectivity index (χ0n) is 11.3. The molecule has 0 aromatic heterocycles. The minimum Gasteiger partial charge on any atom is -0.465 e. The molecule has 0 aliphatic heterocycles. The molecular formula is C15H20N2O2. The Balaban J connectivity index is 1.93. The molecule has 0 amide bonds. The van der Waals surface area contributed by atoms with Gasteiger partial charge in [0.25, 0.3) is 0 Å². The molecule has 0 heterocycles. The Labute approximate surface area is 113 Å².